The Morgan fingerprint density at radius 2 is 0.985 bits per heavy atom. The largest absolute Gasteiger partial charge is 0.310 e. The van der Waals surface area contributed by atoms with Crippen molar-refractivity contribution in [1.82, 2.24) is 4.98 Å². The van der Waals surface area contributed by atoms with Crippen molar-refractivity contribution in [3.8, 4) is 44.5 Å². The molecule has 2 heterocycles. The first-order chi connectivity index (χ1) is 33.5. The average Bonchev–Trinajstić information content (AvgIpc) is 3.62. The zero-order valence-electron chi connectivity index (χ0n) is 37.8. The van der Waals surface area contributed by atoms with Crippen LogP contribution < -0.4 is 9.80 Å². The van der Waals surface area contributed by atoms with Gasteiger partial charge in [-0.05, 0) is 133 Å². The molecular formula is C64H45N3S. The number of benzene rings is 10. The van der Waals surface area contributed by atoms with Crippen molar-refractivity contribution in [2.45, 2.75) is 29.1 Å². The standard InChI is InChI=1S/C64H45N3S/c1-64(2)57-26-12-9-24-51(57)55-39-46(33-35-58(55)64)66(59-27-13-10-22-49(59)42-17-5-3-6-18-42)47-32-34-52-56-37-44-30-31-45(38-54(44)53-25-15-29-61(63(53)56)68-62(52)40-47)67(48-21-16-36-65-41-48)60-28-14-11-23-50(60)43-19-7-4-8-20-43/h3-41H,1-2H3. The summed E-state index contributed by atoms with van der Waals surface area (Å²) in [6.45, 7) is 4.70. The van der Waals surface area contributed by atoms with Gasteiger partial charge in [0, 0.05) is 55.0 Å². The Bertz CT molecular complexity index is 3750. The summed E-state index contributed by atoms with van der Waals surface area (Å²) >= 11 is 1.88. The second-order valence-electron chi connectivity index (χ2n) is 18.3. The number of pyridine rings is 1. The molecule has 1 aromatic heterocycles. The molecule has 3 nitrogen and oxygen atoms in total. The molecule has 2 aliphatic rings. The number of aromatic nitrogens is 1. The highest BCUT2D eigenvalue weighted by Crippen LogP contribution is 2.54. The molecule has 13 rings (SSSR count). The minimum Gasteiger partial charge on any atom is -0.310 e. The fourth-order valence-corrected chi connectivity index (χ4v) is 12.1. The molecule has 1 aliphatic heterocycles. The first kappa shape index (κ1) is 40.1. The molecule has 0 spiro atoms. The first-order valence-electron chi connectivity index (χ1n) is 23.3. The minimum absolute atomic E-state index is 0.0770. The Kier molecular flexibility index (Phi) is 9.45. The van der Waals surface area contributed by atoms with Gasteiger partial charge in [-0.15, -0.1) is 0 Å². The highest BCUT2D eigenvalue weighted by molar-refractivity contribution is 7.99. The summed E-state index contributed by atoms with van der Waals surface area (Å²) in [4.78, 5) is 11.9. The average molecular weight is 888 g/mol. The van der Waals surface area contributed by atoms with Gasteiger partial charge in [-0.1, -0.05) is 177 Å². The second-order valence-corrected chi connectivity index (χ2v) is 19.4. The summed E-state index contributed by atoms with van der Waals surface area (Å²) in [5.41, 5.74) is 19.1. The van der Waals surface area contributed by atoms with Gasteiger partial charge in [0.1, 0.15) is 0 Å². The second kappa shape index (κ2) is 16.0. The van der Waals surface area contributed by atoms with Gasteiger partial charge >= 0.3 is 0 Å². The van der Waals surface area contributed by atoms with Crippen molar-refractivity contribution >= 4 is 67.4 Å². The SMILES string of the molecule is CC1(C)c2ccccc2-c2cc(N(c3ccc4c(c3)Sc3cccc5c3c-4cc3ccc(N(c4cccnc4)c4ccccc4-c4ccccc4)cc35)c3ccccc3-c3ccccc3)ccc21. The van der Waals surface area contributed by atoms with Crippen molar-refractivity contribution in [2.24, 2.45) is 0 Å². The Balaban J connectivity index is 0.962. The lowest BCUT2D eigenvalue weighted by molar-refractivity contribution is 0.660. The molecule has 10 aromatic carbocycles. The predicted molar refractivity (Wildman–Crippen MR) is 287 cm³/mol. The molecule has 0 unspecified atom stereocenters. The van der Waals surface area contributed by atoms with Crippen LogP contribution in [0.5, 0.6) is 0 Å². The Morgan fingerprint density at radius 3 is 1.71 bits per heavy atom. The molecule has 1 aliphatic carbocycles. The van der Waals surface area contributed by atoms with E-state index in [1.54, 1.807) is 0 Å². The first-order valence-corrected chi connectivity index (χ1v) is 24.2. The van der Waals surface area contributed by atoms with Gasteiger partial charge in [-0.3, -0.25) is 4.98 Å². The van der Waals surface area contributed by atoms with E-state index in [9.17, 15) is 0 Å². The van der Waals surface area contributed by atoms with E-state index >= 15 is 0 Å². The number of rotatable bonds is 8. The smallest absolute Gasteiger partial charge is 0.0645 e. The molecule has 0 saturated heterocycles. The summed E-state index contributed by atoms with van der Waals surface area (Å²) < 4.78 is 0. The van der Waals surface area contributed by atoms with E-state index in [0.29, 0.717) is 0 Å². The third-order valence-corrected chi connectivity index (χ3v) is 15.2. The van der Waals surface area contributed by atoms with Crippen LogP contribution in [0.4, 0.5) is 34.1 Å². The third kappa shape index (κ3) is 6.47. The number of anilines is 6. The summed E-state index contributed by atoms with van der Waals surface area (Å²) in [6, 6.07) is 82.4. The van der Waals surface area contributed by atoms with Gasteiger partial charge in [0.05, 0.1) is 23.3 Å². The van der Waals surface area contributed by atoms with Crippen molar-refractivity contribution in [1.29, 1.82) is 0 Å². The van der Waals surface area contributed by atoms with Crippen molar-refractivity contribution in [3.63, 3.8) is 0 Å². The minimum atomic E-state index is -0.0770. The van der Waals surface area contributed by atoms with Crippen LogP contribution in [0.1, 0.15) is 25.0 Å². The number of fused-ring (bicyclic) bond motifs is 7. The number of nitrogens with zero attached hydrogens (tertiary/aromatic N) is 3. The van der Waals surface area contributed by atoms with Crippen LogP contribution >= 0.6 is 11.8 Å². The van der Waals surface area contributed by atoms with Gasteiger partial charge < -0.3 is 9.80 Å². The van der Waals surface area contributed by atoms with Crippen LogP contribution in [0.2, 0.25) is 0 Å². The number of hydrogen-bond donors (Lipinski definition) is 0. The lowest BCUT2D eigenvalue weighted by Gasteiger charge is -2.30. The molecule has 0 fully saturated rings. The molecule has 0 N–H and O–H groups in total. The molecule has 322 valence electrons. The topological polar surface area (TPSA) is 19.4 Å². The maximum Gasteiger partial charge on any atom is 0.0645 e. The number of hydrogen-bond acceptors (Lipinski definition) is 4. The normalized spacial score (nSPS) is 12.9. The molecule has 0 radical (unpaired) electrons. The highest BCUT2D eigenvalue weighted by atomic mass is 32.2. The van der Waals surface area contributed by atoms with Gasteiger partial charge in [0.15, 0.2) is 0 Å². The summed E-state index contributed by atoms with van der Waals surface area (Å²) in [7, 11) is 0. The molecule has 4 heteroatoms. The van der Waals surface area contributed by atoms with Crippen LogP contribution in [-0.4, -0.2) is 4.98 Å². The predicted octanol–water partition coefficient (Wildman–Crippen LogP) is 18.1. The number of para-hydroxylation sites is 2. The maximum atomic E-state index is 4.58. The molecule has 0 atom stereocenters. The van der Waals surface area contributed by atoms with E-state index in [1.807, 2.05) is 30.2 Å². The molecule has 0 bridgehead atoms. The van der Waals surface area contributed by atoms with Crippen molar-refractivity contribution in [3.05, 3.63) is 248 Å². The lowest BCUT2D eigenvalue weighted by atomic mass is 9.82. The monoisotopic (exact) mass is 887 g/mol. The Labute approximate surface area is 401 Å². The van der Waals surface area contributed by atoms with Crippen LogP contribution in [0.3, 0.4) is 0 Å². The van der Waals surface area contributed by atoms with E-state index in [-0.39, 0.29) is 5.41 Å². The van der Waals surface area contributed by atoms with Crippen molar-refractivity contribution in [2.75, 3.05) is 9.80 Å². The summed E-state index contributed by atoms with van der Waals surface area (Å²) in [5.74, 6) is 0. The fraction of sp³-hybridized carbons (Fsp3) is 0.0469. The third-order valence-electron chi connectivity index (χ3n) is 14.1. The Morgan fingerprint density at radius 1 is 0.382 bits per heavy atom. The van der Waals surface area contributed by atoms with E-state index < -0.39 is 0 Å². The zero-order valence-corrected chi connectivity index (χ0v) is 38.6. The van der Waals surface area contributed by atoms with Crippen LogP contribution in [0.15, 0.2) is 247 Å². The van der Waals surface area contributed by atoms with Gasteiger partial charge in [0.2, 0.25) is 0 Å². The van der Waals surface area contributed by atoms with E-state index in [1.165, 1.54) is 81.4 Å². The van der Waals surface area contributed by atoms with Crippen LogP contribution in [0.25, 0.3) is 66.1 Å². The van der Waals surface area contributed by atoms with Crippen molar-refractivity contribution < 1.29 is 0 Å². The molecule has 0 saturated carbocycles. The van der Waals surface area contributed by atoms with Crippen LogP contribution in [-0.2, 0) is 5.41 Å². The van der Waals surface area contributed by atoms with E-state index in [0.717, 1.165) is 39.7 Å². The van der Waals surface area contributed by atoms with E-state index in [4.69, 9.17) is 0 Å². The molecule has 11 aromatic rings. The summed E-state index contributed by atoms with van der Waals surface area (Å²) in [5, 5.41) is 4.98. The molecule has 68 heavy (non-hydrogen) atoms. The summed E-state index contributed by atoms with van der Waals surface area (Å²) in [6.07, 6.45) is 3.80. The molecule has 0 amide bonds. The lowest BCUT2D eigenvalue weighted by Crippen LogP contribution is -2.15. The quantitative estimate of drug-likeness (QED) is 0.142. The fourth-order valence-electron chi connectivity index (χ4n) is 10.9. The van der Waals surface area contributed by atoms with Gasteiger partial charge in [-0.2, -0.15) is 0 Å². The van der Waals surface area contributed by atoms with Gasteiger partial charge in [-0.25, -0.2) is 0 Å². The highest BCUT2D eigenvalue weighted by Gasteiger charge is 2.36. The maximum absolute atomic E-state index is 4.58. The van der Waals surface area contributed by atoms with E-state index in [2.05, 4.69) is 247 Å². The van der Waals surface area contributed by atoms with Gasteiger partial charge in [0.25, 0.3) is 0 Å². The zero-order chi connectivity index (χ0) is 45.3. The van der Waals surface area contributed by atoms with Crippen LogP contribution in [0, 0.1) is 0 Å². The molecular weight excluding hydrogens is 843 g/mol. The Hall–Kier alpha value is -8.18.